The van der Waals surface area contributed by atoms with E-state index in [2.05, 4.69) is 4.98 Å². The van der Waals surface area contributed by atoms with Crippen molar-refractivity contribution in [2.45, 2.75) is 6.50 Å². The van der Waals surface area contributed by atoms with Crippen LogP contribution in [-0.2, 0) is 6.50 Å². The van der Waals surface area contributed by atoms with Crippen molar-refractivity contribution in [1.82, 2.24) is 9.88 Å². The van der Waals surface area contributed by atoms with Crippen LogP contribution in [0.2, 0.25) is 0 Å². The Kier molecular flexibility index (Phi) is 1.73. The van der Waals surface area contributed by atoms with Crippen LogP contribution in [0.4, 0.5) is 5.69 Å². The zero-order valence-electron chi connectivity index (χ0n) is 33.4. The van der Waals surface area contributed by atoms with E-state index in [1.165, 1.54) is 12.1 Å². The molecule has 146 valence electrons. The van der Waals surface area contributed by atoms with Crippen molar-refractivity contribution in [3.8, 4) is 11.1 Å². The molecule has 0 amide bonds. The van der Waals surface area contributed by atoms with E-state index in [4.69, 9.17) is 30.5 Å². The van der Waals surface area contributed by atoms with E-state index < -0.39 is 125 Å². The lowest BCUT2D eigenvalue weighted by molar-refractivity contribution is 0.250. The Hall–Kier alpha value is -3.31. The van der Waals surface area contributed by atoms with Crippen LogP contribution in [0.5, 0.6) is 0 Å². The van der Waals surface area contributed by atoms with Crippen molar-refractivity contribution in [3.63, 3.8) is 0 Å². The number of para-hydroxylation sites is 1. The van der Waals surface area contributed by atoms with Crippen molar-refractivity contribution < 1.29 is 30.5 Å². The van der Waals surface area contributed by atoms with Crippen LogP contribution in [0.25, 0.3) is 22.2 Å². The molecular weight excluding hydrogens is 362 g/mol. The third-order valence-corrected chi connectivity index (χ3v) is 3.81. The highest BCUT2D eigenvalue weighted by atomic mass is 16.4. The lowest BCUT2D eigenvalue weighted by atomic mass is 10.0. The molecule has 0 radical (unpaired) electrons. The zero-order chi connectivity index (χ0) is 36.4. The molecule has 3 aromatic carbocycles. The smallest absolute Gasteiger partial charge is 0.406 e. The number of hydrogen-bond acceptors (Lipinski definition) is 4. The molecule has 0 aliphatic carbocycles. The van der Waals surface area contributed by atoms with Crippen molar-refractivity contribution in [3.05, 3.63) is 88.7 Å². The van der Waals surface area contributed by atoms with Gasteiger partial charge in [0, 0.05) is 40.7 Å². The van der Waals surface area contributed by atoms with Gasteiger partial charge < -0.3 is 9.32 Å². The molecule has 4 aromatic rings. The van der Waals surface area contributed by atoms with Crippen molar-refractivity contribution in [2.24, 2.45) is 0 Å². The number of hydrogen-bond donors (Lipinski definition) is 1. The zero-order valence-corrected chi connectivity index (χ0v) is 14.4. The van der Waals surface area contributed by atoms with E-state index in [0.717, 1.165) is 6.07 Å². The van der Waals surface area contributed by atoms with Gasteiger partial charge in [-0.05, 0) is 34.9 Å². The second-order valence-corrected chi connectivity index (χ2v) is 5.65. The van der Waals surface area contributed by atoms with Gasteiger partial charge in [0.25, 0.3) is 0 Å². The molecule has 1 aromatic heterocycles. The van der Waals surface area contributed by atoms with E-state index in [9.17, 15) is 4.79 Å². The van der Waals surface area contributed by atoms with Gasteiger partial charge >= 0.3 is 5.76 Å². The summed E-state index contributed by atoms with van der Waals surface area (Å²) in [5.74, 6) is -1.05. The fraction of sp³-hybridized carbons (Fsp3) is 0.208. The number of benzene rings is 3. The topological polar surface area (TPSA) is 52.5 Å². The van der Waals surface area contributed by atoms with E-state index in [-0.39, 0.29) is 10.4 Å². The van der Waals surface area contributed by atoms with Crippen LogP contribution < -0.4 is 10.7 Å². The normalized spacial score (nSPS) is 32.0. The molecule has 1 fully saturated rings. The third-order valence-electron chi connectivity index (χ3n) is 3.81. The lowest BCUT2D eigenvalue weighted by Gasteiger charge is -2.36. The van der Waals surface area contributed by atoms with Crippen LogP contribution in [-0.4, -0.2) is 35.9 Å². The Bertz CT molecular complexity index is 2010. The number of nitrogens with one attached hydrogen (secondary N) is 1. The maximum atomic E-state index is 11.9. The summed E-state index contributed by atoms with van der Waals surface area (Å²) >= 11 is 0. The summed E-state index contributed by atoms with van der Waals surface area (Å²) in [5, 5.41) is 0. The Labute approximate surface area is 195 Å². The number of nitrogens with zero attached hydrogens (tertiary/aromatic N) is 2. The van der Waals surface area contributed by atoms with E-state index >= 15 is 0 Å². The molecule has 1 saturated heterocycles. The molecular formula is C24H23N3O2. The van der Waals surface area contributed by atoms with Crippen LogP contribution in [0.15, 0.2) is 81.8 Å². The van der Waals surface area contributed by atoms with Gasteiger partial charge in [-0.1, -0.05) is 54.4 Å². The number of aromatic nitrogens is 1. The molecule has 1 aliphatic heterocycles. The Morgan fingerprint density at radius 3 is 2.66 bits per heavy atom. The summed E-state index contributed by atoms with van der Waals surface area (Å²) in [4.78, 5) is 13.7. The Morgan fingerprint density at radius 2 is 1.83 bits per heavy atom. The second kappa shape index (κ2) is 7.60. The largest absolute Gasteiger partial charge is 0.417 e. The number of piperazine rings is 1. The van der Waals surface area contributed by atoms with Crippen LogP contribution in [0, 0.1) is 0 Å². The molecule has 5 rings (SSSR count). The minimum Gasteiger partial charge on any atom is -0.406 e. The molecule has 0 atom stereocenters. The fourth-order valence-electron chi connectivity index (χ4n) is 2.58. The minimum atomic E-state index is -3.94. The standard InChI is InChI=1S/C24H23N3O2/c28-24-25-21-10-5-11-22(23(21)29-24)27-14-12-26(13-15-27)17-18-6-4-9-20(16-18)19-7-2-1-3-8-19/h1-11,16H,12-15,17H2,(H,25,28)/i1D,2D,3D,4D,6D,7D,8D,9D,12D2,13D2,14D2,15D2,16D,17D2. The SMILES string of the molecule is [2H]c1c([2H])c([2H])c(-c2c([2H])c([2H])c([2H])c(C([2H])([2H])N3C([2H])([2H])C([2H])([2H])N(c4cccc5[nH]c(=O)oc45)C([2H])([2H])C3([2H])[2H])c2[2H])c([2H])c1[2H]. The van der Waals surface area contributed by atoms with Gasteiger partial charge in [0.2, 0.25) is 0 Å². The number of fused-ring (bicyclic) bond motifs is 1. The maximum absolute atomic E-state index is 11.9. The maximum Gasteiger partial charge on any atom is 0.417 e. The summed E-state index contributed by atoms with van der Waals surface area (Å²) in [7, 11) is 0. The summed E-state index contributed by atoms with van der Waals surface area (Å²) in [5.41, 5.74) is -4.37. The van der Waals surface area contributed by atoms with Gasteiger partial charge in [0.15, 0.2) is 5.58 Å². The van der Waals surface area contributed by atoms with Gasteiger partial charge in [-0.2, -0.15) is 0 Å². The van der Waals surface area contributed by atoms with Crippen molar-refractivity contribution >= 4 is 16.8 Å². The molecule has 5 heteroatoms. The van der Waals surface area contributed by atoms with Crippen LogP contribution >= 0.6 is 0 Å². The lowest BCUT2D eigenvalue weighted by Crippen LogP contribution is -2.46. The van der Waals surface area contributed by atoms with Gasteiger partial charge in [-0.3, -0.25) is 9.88 Å². The molecule has 1 aliphatic rings. The second-order valence-electron chi connectivity index (χ2n) is 5.65. The Morgan fingerprint density at radius 1 is 1.03 bits per heavy atom. The molecule has 0 saturated carbocycles. The van der Waals surface area contributed by atoms with E-state index in [1.807, 2.05) is 0 Å². The third kappa shape index (κ3) is 3.69. The van der Waals surface area contributed by atoms with Gasteiger partial charge in [0.05, 0.1) is 29.0 Å². The molecule has 5 nitrogen and oxygen atoms in total. The quantitative estimate of drug-likeness (QED) is 0.556. The van der Waals surface area contributed by atoms with Crippen LogP contribution in [0.1, 0.15) is 31.6 Å². The minimum absolute atomic E-state index is 0.00978. The van der Waals surface area contributed by atoms with E-state index in [1.54, 1.807) is 0 Å². The predicted molar refractivity (Wildman–Crippen MR) is 116 cm³/mol. The first kappa shape index (κ1) is 6.61. The average molecular weight is 405 g/mol. The summed E-state index contributed by atoms with van der Waals surface area (Å²) in [6.07, 6.45) is 0. The molecule has 0 unspecified atom stereocenters. The van der Waals surface area contributed by atoms with Crippen molar-refractivity contribution in [2.75, 3.05) is 30.9 Å². The first-order valence-electron chi connectivity index (χ1n) is 17.7. The first-order valence-corrected chi connectivity index (χ1v) is 8.20. The highest BCUT2D eigenvalue weighted by Crippen LogP contribution is 2.26. The van der Waals surface area contributed by atoms with Gasteiger partial charge in [0.1, 0.15) is 0 Å². The number of anilines is 1. The number of aromatic amines is 1. The molecule has 0 spiro atoms. The highest BCUT2D eigenvalue weighted by Gasteiger charge is 2.20. The summed E-state index contributed by atoms with van der Waals surface area (Å²) in [6, 6.07) is -5.93. The summed E-state index contributed by atoms with van der Waals surface area (Å²) < 4.78 is 168. The Balaban J connectivity index is 1.83. The molecule has 2 heterocycles. The molecule has 1 N–H and O–H groups in total. The van der Waals surface area contributed by atoms with Gasteiger partial charge in [-0.25, -0.2) is 4.79 Å². The average Bonchev–Trinajstić information content (AvgIpc) is 3.35. The predicted octanol–water partition coefficient (Wildman–Crippen LogP) is 4.11. The van der Waals surface area contributed by atoms with Crippen molar-refractivity contribution in [1.29, 1.82) is 0 Å². The highest BCUT2D eigenvalue weighted by molar-refractivity contribution is 5.86. The number of rotatable bonds is 4. The monoisotopic (exact) mass is 404 g/mol. The van der Waals surface area contributed by atoms with Gasteiger partial charge in [-0.15, -0.1) is 0 Å². The van der Waals surface area contributed by atoms with Crippen LogP contribution in [0.3, 0.4) is 0 Å². The molecule has 0 bridgehead atoms. The number of oxazole rings is 1. The fourth-order valence-corrected chi connectivity index (χ4v) is 2.58. The summed E-state index contributed by atoms with van der Waals surface area (Å²) in [6.45, 7) is -19.3. The number of H-pyrrole nitrogens is 1. The molecule has 29 heavy (non-hydrogen) atoms. The first-order chi connectivity index (χ1) is 21.8. The van der Waals surface area contributed by atoms with E-state index in [0.29, 0.717) is 0 Å².